The number of aromatic nitrogens is 1. The summed E-state index contributed by atoms with van der Waals surface area (Å²) >= 11 is 0. The van der Waals surface area contributed by atoms with Crippen molar-refractivity contribution in [1.29, 1.82) is 0 Å². The third-order valence-corrected chi connectivity index (χ3v) is 4.18. The summed E-state index contributed by atoms with van der Waals surface area (Å²) in [4.78, 5) is 27.5. The van der Waals surface area contributed by atoms with E-state index in [4.69, 9.17) is 4.74 Å². The van der Waals surface area contributed by atoms with Crippen molar-refractivity contribution < 1.29 is 14.3 Å². The quantitative estimate of drug-likeness (QED) is 0.852. The van der Waals surface area contributed by atoms with Gasteiger partial charge in [0, 0.05) is 42.4 Å². The molecule has 2 N–H and O–H groups in total. The molecule has 136 valence electrons. The third-order valence-electron chi connectivity index (χ3n) is 4.18. The lowest BCUT2D eigenvalue weighted by atomic mass is 9.98. The standard InChI is InChI=1S/C20H23N3O3/c1-12(2)4-7-20(25)23-15-5-6-16-17-9-19(22-13(3)24)21-10-14(17)11-26-18(16)8-15/h5-6,8-10,12H,4,7,11H2,1-3H3,(H,23,25)(H,21,22,24). The number of anilines is 2. The van der Waals surface area contributed by atoms with Gasteiger partial charge in [-0.05, 0) is 36.1 Å². The van der Waals surface area contributed by atoms with Crippen molar-refractivity contribution in [1.82, 2.24) is 4.98 Å². The summed E-state index contributed by atoms with van der Waals surface area (Å²) in [5, 5.41) is 5.62. The number of rotatable bonds is 5. The Morgan fingerprint density at radius 2 is 2.00 bits per heavy atom. The van der Waals surface area contributed by atoms with Crippen molar-refractivity contribution in [2.75, 3.05) is 10.6 Å². The van der Waals surface area contributed by atoms with E-state index in [1.807, 2.05) is 24.3 Å². The van der Waals surface area contributed by atoms with Crippen LogP contribution in [0.15, 0.2) is 30.5 Å². The molecule has 1 aliphatic heterocycles. The highest BCUT2D eigenvalue weighted by Gasteiger charge is 2.19. The molecule has 0 bridgehead atoms. The monoisotopic (exact) mass is 353 g/mol. The minimum atomic E-state index is -0.163. The number of carbonyl (C=O) groups excluding carboxylic acids is 2. The Kier molecular flexibility index (Phi) is 5.21. The molecule has 0 fully saturated rings. The number of amides is 2. The number of carbonyl (C=O) groups is 2. The van der Waals surface area contributed by atoms with Crippen LogP contribution in [0.25, 0.3) is 11.1 Å². The molecule has 26 heavy (non-hydrogen) atoms. The van der Waals surface area contributed by atoms with Crippen LogP contribution in [0.1, 0.15) is 39.2 Å². The van der Waals surface area contributed by atoms with Crippen LogP contribution in [-0.2, 0) is 16.2 Å². The van der Waals surface area contributed by atoms with E-state index in [0.717, 1.165) is 28.8 Å². The van der Waals surface area contributed by atoms with Gasteiger partial charge < -0.3 is 15.4 Å². The zero-order valence-corrected chi connectivity index (χ0v) is 15.3. The molecule has 1 aromatic carbocycles. The second-order valence-electron chi connectivity index (χ2n) is 6.89. The Labute approximate surface area is 153 Å². The fourth-order valence-electron chi connectivity index (χ4n) is 2.84. The molecule has 0 saturated carbocycles. The number of benzene rings is 1. The maximum absolute atomic E-state index is 12.0. The topological polar surface area (TPSA) is 80.3 Å². The van der Waals surface area contributed by atoms with Crippen molar-refractivity contribution >= 4 is 23.3 Å². The van der Waals surface area contributed by atoms with Crippen LogP contribution < -0.4 is 15.4 Å². The number of ether oxygens (including phenoxy) is 1. The van der Waals surface area contributed by atoms with Gasteiger partial charge in [-0.2, -0.15) is 0 Å². The molecule has 0 spiro atoms. The maximum Gasteiger partial charge on any atom is 0.224 e. The third kappa shape index (κ3) is 4.20. The highest BCUT2D eigenvalue weighted by Crippen LogP contribution is 2.39. The summed E-state index contributed by atoms with van der Waals surface area (Å²) in [6, 6.07) is 7.47. The highest BCUT2D eigenvalue weighted by molar-refractivity contribution is 5.92. The Hall–Kier alpha value is -2.89. The second-order valence-corrected chi connectivity index (χ2v) is 6.89. The Bertz CT molecular complexity index is 846. The summed E-state index contributed by atoms with van der Waals surface area (Å²) in [5.41, 5.74) is 3.57. The predicted octanol–water partition coefficient (Wildman–Crippen LogP) is 3.97. The second kappa shape index (κ2) is 7.56. The summed E-state index contributed by atoms with van der Waals surface area (Å²) in [6.45, 7) is 6.05. The molecule has 2 aromatic rings. The Balaban J connectivity index is 1.81. The molecule has 0 radical (unpaired) electrons. The first-order chi connectivity index (χ1) is 12.4. The fourth-order valence-corrected chi connectivity index (χ4v) is 2.84. The van der Waals surface area contributed by atoms with Crippen LogP contribution in [0.5, 0.6) is 5.75 Å². The molecule has 6 nitrogen and oxygen atoms in total. The average Bonchev–Trinajstić information content (AvgIpc) is 2.59. The molecule has 3 rings (SSSR count). The Morgan fingerprint density at radius 1 is 1.19 bits per heavy atom. The molecule has 1 aromatic heterocycles. The molecule has 2 heterocycles. The van der Waals surface area contributed by atoms with Gasteiger partial charge in [-0.15, -0.1) is 0 Å². The predicted molar refractivity (Wildman–Crippen MR) is 101 cm³/mol. The molecule has 6 heteroatoms. The van der Waals surface area contributed by atoms with E-state index in [9.17, 15) is 9.59 Å². The van der Waals surface area contributed by atoms with Crippen molar-refractivity contribution in [2.45, 2.75) is 40.2 Å². The molecule has 0 atom stereocenters. The van der Waals surface area contributed by atoms with Gasteiger partial charge >= 0.3 is 0 Å². The van der Waals surface area contributed by atoms with Crippen LogP contribution in [0, 0.1) is 5.92 Å². The number of pyridine rings is 1. The fraction of sp³-hybridized carbons (Fsp3) is 0.350. The van der Waals surface area contributed by atoms with Gasteiger partial charge in [-0.3, -0.25) is 9.59 Å². The van der Waals surface area contributed by atoms with Crippen molar-refractivity contribution in [3.8, 4) is 16.9 Å². The van der Waals surface area contributed by atoms with E-state index >= 15 is 0 Å². The number of hydrogen-bond acceptors (Lipinski definition) is 4. The van der Waals surface area contributed by atoms with Crippen LogP contribution >= 0.6 is 0 Å². The van der Waals surface area contributed by atoms with Crippen molar-refractivity contribution in [2.24, 2.45) is 5.92 Å². The lowest BCUT2D eigenvalue weighted by molar-refractivity contribution is -0.116. The largest absolute Gasteiger partial charge is 0.488 e. The molecule has 0 aliphatic carbocycles. The molecule has 1 aliphatic rings. The van der Waals surface area contributed by atoms with Crippen molar-refractivity contribution in [3.63, 3.8) is 0 Å². The van der Waals surface area contributed by atoms with Gasteiger partial charge in [0.05, 0.1) is 0 Å². The first-order valence-corrected chi connectivity index (χ1v) is 8.76. The lowest BCUT2D eigenvalue weighted by Gasteiger charge is -2.22. The van der Waals surface area contributed by atoms with Gasteiger partial charge in [0.15, 0.2) is 0 Å². The molecular formula is C20H23N3O3. The number of hydrogen-bond donors (Lipinski definition) is 2. The first kappa shape index (κ1) is 17.9. The zero-order chi connectivity index (χ0) is 18.7. The highest BCUT2D eigenvalue weighted by atomic mass is 16.5. The zero-order valence-electron chi connectivity index (χ0n) is 15.3. The van der Waals surface area contributed by atoms with Gasteiger partial charge in [0.1, 0.15) is 18.2 Å². The van der Waals surface area contributed by atoms with Crippen LogP contribution in [0.3, 0.4) is 0 Å². The molecule has 0 saturated heterocycles. The van der Waals surface area contributed by atoms with Gasteiger partial charge in [-0.1, -0.05) is 13.8 Å². The van der Waals surface area contributed by atoms with Crippen LogP contribution in [-0.4, -0.2) is 16.8 Å². The number of nitrogens with one attached hydrogen (secondary N) is 2. The minimum absolute atomic E-state index is 0.00649. The van der Waals surface area contributed by atoms with E-state index < -0.39 is 0 Å². The van der Waals surface area contributed by atoms with Crippen LogP contribution in [0.2, 0.25) is 0 Å². The first-order valence-electron chi connectivity index (χ1n) is 8.76. The van der Waals surface area contributed by atoms with E-state index in [1.54, 1.807) is 6.20 Å². The summed E-state index contributed by atoms with van der Waals surface area (Å²) in [5.74, 6) is 1.56. The smallest absolute Gasteiger partial charge is 0.224 e. The van der Waals surface area contributed by atoms with Crippen molar-refractivity contribution in [3.05, 3.63) is 36.0 Å². The van der Waals surface area contributed by atoms with Gasteiger partial charge in [0.25, 0.3) is 0 Å². The molecule has 0 unspecified atom stereocenters. The summed E-state index contributed by atoms with van der Waals surface area (Å²) < 4.78 is 5.81. The van der Waals surface area contributed by atoms with Crippen LogP contribution in [0.4, 0.5) is 11.5 Å². The molecular weight excluding hydrogens is 330 g/mol. The van der Waals surface area contributed by atoms with E-state index in [2.05, 4.69) is 29.5 Å². The van der Waals surface area contributed by atoms with E-state index in [-0.39, 0.29) is 11.8 Å². The number of fused-ring (bicyclic) bond motifs is 3. The van der Waals surface area contributed by atoms with Gasteiger partial charge in [-0.25, -0.2) is 4.98 Å². The Morgan fingerprint density at radius 3 is 2.73 bits per heavy atom. The average molecular weight is 353 g/mol. The minimum Gasteiger partial charge on any atom is -0.488 e. The van der Waals surface area contributed by atoms with Gasteiger partial charge in [0.2, 0.25) is 11.8 Å². The molecule has 2 amide bonds. The maximum atomic E-state index is 12.0. The number of nitrogens with zero attached hydrogens (tertiary/aromatic N) is 1. The normalized spacial score (nSPS) is 12.0. The SMILES string of the molecule is CC(=O)Nc1cc2c(cn1)COc1cc(NC(=O)CCC(C)C)ccc1-2. The summed E-state index contributed by atoms with van der Waals surface area (Å²) in [7, 11) is 0. The summed E-state index contributed by atoms with van der Waals surface area (Å²) in [6.07, 6.45) is 3.08. The van der Waals surface area contributed by atoms with E-state index in [0.29, 0.717) is 30.5 Å². The lowest BCUT2D eigenvalue weighted by Crippen LogP contribution is -2.13. The van der Waals surface area contributed by atoms with E-state index in [1.165, 1.54) is 6.92 Å².